The molecule has 0 aliphatic rings. The van der Waals surface area contributed by atoms with Crippen molar-refractivity contribution in [1.29, 1.82) is 0 Å². The predicted octanol–water partition coefficient (Wildman–Crippen LogP) is 1.41. The second kappa shape index (κ2) is 7.51. The highest BCUT2D eigenvalue weighted by Gasteiger charge is 2.06. The lowest BCUT2D eigenvalue weighted by atomic mass is 10.1. The summed E-state index contributed by atoms with van der Waals surface area (Å²) in [5.74, 6) is 4.04. The third kappa shape index (κ3) is 4.22. The van der Waals surface area contributed by atoms with Gasteiger partial charge in [-0.05, 0) is 18.2 Å². The van der Waals surface area contributed by atoms with Crippen molar-refractivity contribution in [2.24, 2.45) is 0 Å². The van der Waals surface area contributed by atoms with Gasteiger partial charge >= 0.3 is 0 Å². The summed E-state index contributed by atoms with van der Waals surface area (Å²) in [4.78, 5) is 11.5. The molecule has 5 heteroatoms. The Morgan fingerprint density at radius 2 is 2.33 bits per heavy atom. The number of hydrogen-bond acceptors (Lipinski definition) is 4. The Morgan fingerprint density at radius 1 is 1.56 bits per heavy atom. The zero-order valence-electron chi connectivity index (χ0n) is 10.3. The number of terminal acetylenes is 1. The highest BCUT2D eigenvalue weighted by Crippen LogP contribution is 2.20. The molecule has 0 saturated carbocycles. The van der Waals surface area contributed by atoms with Crippen molar-refractivity contribution >= 4 is 29.0 Å². The molecule has 4 nitrogen and oxygen atoms in total. The van der Waals surface area contributed by atoms with E-state index in [1.165, 1.54) is 0 Å². The molecule has 96 valence electrons. The molecular formula is C13H17N3OS. The third-order valence-electron chi connectivity index (χ3n) is 2.29. The van der Waals surface area contributed by atoms with Crippen LogP contribution in [0.5, 0.6) is 0 Å². The number of carbonyl (C=O) groups is 1. The molecule has 4 N–H and O–H groups in total. The first-order valence-electron chi connectivity index (χ1n) is 5.55. The summed E-state index contributed by atoms with van der Waals surface area (Å²) < 4.78 is 0. The van der Waals surface area contributed by atoms with E-state index in [2.05, 4.69) is 16.6 Å². The number of nitrogen functional groups attached to an aromatic ring is 1. The monoisotopic (exact) mass is 263 g/mol. The zero-order chi connectivity index (χ0) is 13.4. The Kier molecular flexibility index (Phi) is 5.95. The molecule has 0 aromatic heterocycles. The van der Waals surface area contributed by atoms with Crippen molar-refractivity contribution in [3.63, 3.8) is 0 Å². The van der Waals surface area contributed by atoms with Crippen molar-refractivity contribution in [2.45, 2.75) is 0 Å². The Bertz CT molecular complexity index is 454. The minimum Gasteiger partial charge on any atom is -0.397 e. The van der Waals surface area contributed by atoms with Crippen LogP contribution < -0.4 is 16.4 Å². The van der Waals surface area contributed by atoms with Gasteiger partial charge in [-0.1, -0.05) is 5.92 Å². The van der Waals surface area contributed by atoms with Gasteiger partial charge in [0.05, 0.1) is 17.1 Å². The van der Waals surface area contributed by atoms with Crippen LogP contribution in [0.25, 0.3) is 0 Å². The number of amides is 1. The standard InChI is InChI=1S/C13H17N3OS/c1-3-7-18-8-6-16-12-9-10(13(17)15-2)4-5-11(12)14/h1,4-5,9,16H,6-8,14H2,2H3,(H,15,17). The van der Waals surface area contributed by atoms with E-state index < -0.39 is 0 Å². The fourth-order valence-corrected chi connectivity index (χ4v) is 1.89. The zero-order valence-corrected chi connectivity index (χ0v) is 11.1. The van der Waals surface area contributed by atoms with Crippen molar-refractivity contribution in [1.82, 2.24) is 5.32 Å². The summed E-state index contributed by atoms with van der Waals surface area (Å²) in [6.07, 6.45) is 5.16. The number of hydrogen-bond donors (Lipinski definition) is 3. The van der Waals surface area contributed by atoms with Gasteiger partial charge in [0, 0.05) is 24.9 Å². The van der Waals surface area contributed by atoms with Crippen LogP contribution in [0.4, 0.5) is 11.4 Å². The summed E-state index contributed by atoms with van der Waals surface area (Å²) in [5, 5.41) is 5.77. The van der Waals surface area contributed by atoms with Gasteiger partial charge in [0.2, 0.25) is 0 Å². The molecule has 0 bridgehead atoms. The number of nitrogens with one attached hydrogen (secondary N) is 2. The fourth-order valence-electron chi connectivity index (χ4n) is 1.38. The van der Waals surface area contributed by atoms with Crippen LogP contribution in [-0.4, -0.2) is 31.0 Å². The van der Waals surface area contributed by atoms with E-state index in [1.54, 1.807) is 37.0 Å². The average molecular weight is 263 g/mol. The molecule has 0 radical (unpaired) electrons. The van der Waals surface area contributed by atoms with E-state index in [0.717, 1.165) is 18.0 Å². The van der Waals surface area contributed by atoms with Crippen LogP contribution in [0, 0.1) is 12.3 Å². The van der Waals surface area contributed by atoms with Gasteiger partial charge in [0.1, 0.15) is 0 Å². The van der Waals surface area contributed by atoms with Gasteiger partial charge in [0.15, 0.2) is 0 Å². The second-order valence-corrected chi connectivity index (χ2v) is 4.67. The SMILES string of the molecule is C#CCSCCNc1cc(C(=O)NC)ccc1N. The topological polar surface area (TPSA) is 67.2 Å². The van der Waals surface area contributed by atoms with Crippen molar-refractivity contribution < 1.29 is 4.79 Å². The Morgan fingerprint density at radius 3 is 3.00 bits per heavy atom. The van der Waals surface area contributed by atoms with Crippen LogP contribution in [0.1, 0.15) is 10.4 Å². The predicted molar refractivity (Wildman–Crippen MR) is 78.9 cm³/mol. The lowest BCUT2D eigenvalue weighted by Gasteiger charge is -2.10. The minimum atomic E-state index is -0.125. The number of carbonyl (C=O) groups excluding carboxylic acids is 1. The quantitative estimate of drug-likeness (QED) is 0.412. The minimum absolute atomic E-state index is 0.125. The first kappa shape index (κ1) is 14.3. The van der Waals surface area contributed by atoms with Gasteiger partial charge < -0.3 is 16.4 Å². The van der Waals surface area contributed by atoms with E-state index in [-0.39, 0.29) is 5.91 Å². The molecule has 1 aromatic rings. The number of thioether (sulfide) groups is 1. The van der Waals surface area contributed by atoms with Crippen LogP contribution in [-0.2, 0) is 0 Å². The second-order valence-electron chi connectivity index (χ2n) is 3.56. The molecule has 0 aliphatic carbocycles. The van der Waals surface area contributed by atoms with Crippen molar-refractivity contribution in [3.8, 4) is 12.3 Å². The molecule has 1 rings (SSSR count). The number of anilines is 2. The normalized spacial score (nSPS) is 9.56. The van der Waals surface area contributed by atoms with Crippen molar-refractivity contribution in [3.05, 3.63) is 23.8 Å². The smallest absolute Gasteiger partial charge is 0.251 e. The van der Waals surface area contributed by atoms with Gasteiger partial charge in [-0.15, -0.1) is 18.2 Å². The molecule has 0 atom stereocenters. The summed E-state index contributed by atoms with van der Waals surface area (Å²) in [6, 6.07) is 5.17. The Labute approximate surface area is 112 Å². The number of rotatable bonds is 6. The molecule has 0 saturated heterocycles. The first-order chi connectivity index (χ1) is 8.69. The average Bonchev–Trinajstić information content (AvgIpc) is 2.39. The van der Waals surface area contributed by atoms with Crippen LogP contribution in [0.15, 0.2) is 18.2 Å². The molecule has 1 amide bonds. The maximum atomic E-state index is 11.5. The maximum Gasteiger partial charge on any atom is 0.251 e. The van der Waals surface area contributed by atoms with Crippen LogP contribution in [0.2, 0.25) is 0 Å². The molecule has 0 heterocycles. The van der Waals surface area contributed by atoms with E-state index in [0.29, 0.717) is 17.0 Å². The molecule has 0 spiro atoms. The van der Waals surface area contributed by atoms with Crippen LogP contribution in [0.3, 0.4) is 0 Å². The van der Waals surface area contributed by atoms with E-state index in [4.69, 9.17) is 12.2 Å². The van der Waals surface area contributed by atoms with Gasteiger partial charge in [0.25, 0.3) is 5.91 Å². The molecule has 18 heavy (non-hydrogen) atoms. The largest absolute Gasteiger partial charge is 0.397 e. The van der Waals surface area contributed by atoms with Crippen molar-refractivity contribution in [2.75, 3.05) is 36.1 Å². The summed E-state index contributed by atoms with van der Waals surface area (Å²) in [5.41, 5.74) is 7.83. The Hall–Kier alpha value is -1.80. The lowest BCUT2D eigenvalue weighted by molar-refractivity contribution is 0.0963. The molecule has 1 aromatic carbocycles. The summed E-state index contributed by atoms with van der Waals surface area (Å²) in [7, 11) is 1.60. The first-order valence-corrected chi connectivity index (χ1v) is 6.71. The molecule has 0 unspecified atom stereocenters. The van der Waals surface area contributed by atoms with E-state index in [9.17, 15) is 4.79 Å². The third-order valence-corrected chi connectivity index (χ3v) is 3.15. The highest BCUT2D eigenvalue weighted by atomic mass is 32.2. The van der Waals surface area contributed by atoms with Gasteiger partial charge in [-0.25, -0.2) is 0 Å². The fraction of sp³-hybridized carbons (Fsp3) is 0.308. The maximum absolute atomic E-state index is 11.5. The van der Waals surface area contributed by atoms with E-state index >= 15 is 0 Å². The van der Waals surface area contributed by atoms with Crippen LogP contribution >= 0.6 is 11.8 Å². The molecular weight excluding hydrogens is 246 g/mol. The summed E-state index contributed by atoms with van der Waals surface area (Å²) >= 11 is 1.67. The Balaban J connectivity index is 2.59. The highest BCUT2D eigenvalue weighted by molar-refractivity contribution is 7.99. The van der Waals surface area contributed by atoms with Gasteiger partial charge in [-0.2, -0.15) is 0 Å². The molecule has 0 fully saturated rings. The number of nitrogens with two attached hydrogens (primary N) is 1. The summed E-state index contributed by atoms with van der Waals surface area (Å²) in [6.45, 7) is 0.758. The lowest BCUT2D eigenvalue weighted by Crippen LogP contribution is -2.18. The number of benzene rings is 1. The van der Waals surface area contributed by atoms with Gasteiger partial charge in [-0.3, -0.25) is 4.79 Å². The van der Waals surface area contributed by atoms with E-state index in [1.807, 2.05) is 0 Å². The molecule has 0 aliphatic heterocycles.